The summed E-state index contributed by atoms with van der Waals surface area (Å²) in [7, 11) is 0. The summed E-state index contributed by atoms with van der Waals surface area (Å²) in [6.45, 7) is 1.82. The number of rotatable bonds is 7. The highest BCUT2D eigenvalue weighted by Crippen LogP contribution is 2.11. The van der Waals surface area contributed by atoms with Crippen molar-refractivity contribution >= 4 is 5.69 Å². The number of nitro groups is 1. The lowest BCUT2D eigenvalue weighted by molar-refractivity contribution is -0.384. The Kier molecular flexibility index (Phi) is 5.26. The van der Waals surface area contributed by atoms with Crippen LogP contribution in [0.2, 0.25) is 0 Å². The zero-order valence-electron chi connectivity index (χ0n) is 11.3. The number of nitrogens with one attached hydrogen (secondary N) is 1. The zero-order valence-corrected chi connectivity index (χ0v) is 11.3. The Balaban J connectivity index is 1.67. The molecular weight excluding hydrogens is 252 g/mol. The molecule has 0 aliphatic carbocycles. The lowest BCUT2D eigenvalue weighted by Gasteiger charge is -2.05. The van der Waals surface area contributed by atoms with Crippen molar-refractivity contribution in [2.24, 2.45) is 0 Å². The lowest BCUT2D eigenvalue weighted by Crippen LogP contribution is -2.20. The van der Waals surface area contributed by atoms with Crippen LogP contribution in [0.4, 0.5) is 5.69 Å². The van der Waals surface area contributed by atoms with Crippen LogP contribution in [0.25, 0.3) is 0 Å². The standard InChI is InChI=1S/C16H18N2O2/c19-18(20)16-8-6-15(7-9-16)11-13-17-12-10-14-4-2-1-3-5-14/h1-9,17H,10-13H2. The molecule has 0 bridgehead atoms. The highest BCUT2D eigenvalue weighted by molar-refractivity contribution is 5.32. The van der Waals surface area contributed by atoms with Crippen LogP contribution < -0.4 is 5.32 Å². The number of hydrogen-bond donors (Lipinski definition) is 1. The average Bonchev–Trinajstić information content (AvgIpc) is 2.48. The van der Waals surface area contributed by atoms with Crippen LogP contribution >= 0.6 is 0 Å². The molecule has 0 aromatic heterocycles. The van der Waals surface area contributed by atoms with E-state index in [-0.39, 0.29) is 10.6 Å². The summed E-state index contributed by atoms with van der Waals surface area (Å²) in [4.78, 5) is 10.2. The summed E-state index contributed by atoms with van der Waals surface area (Å²) in [5.74, 6) is 0. The maximum absolute atomic E-state index is 10.5. The molecule has 0 aliphatic rings. The number of non-ortho nitro benzene ring substituents is 1. The molecule has 0 radical (unpaired) electrons. The van der Waals surface area contributed by atoms with Gasteiger partial charge in [-0.05, 0) is 37.1 Å². The predicted molar refractivity (Wildman–Crippen MR) is 79.8 cm³/mol. The molecular formula is C16H18N2O2. The van der Waals surface area contributed by atoms with Gasteiger partial charge in [0, 0.05) is 12.1 Å². The van der Waals surface area contributed by atoms with Gasteiger partial charge in [-0.15, -0.1) is 0 Å². The van der Waals surface area contributed by atoms with Crippen LogP contribution in [0.5, 0.6) is 0 Å². The molecule has 2 rings (SSSR count). The van der Waals surface area contributed by atoms with Crippen LogP contribution in [0.3, 0.4) is 0 Å². The third-order valence-electron chi connectivity index (χ3n) is 3.17. The van der Waals surface area contributed by atoms with Crippen LogP contribution in [0, 0.1) is 10.1 Å². The first-order valence-electron chi connectivity index (χ1n) is 6.74. The second kappa shape index (κ2) is 7.40. The quantitative estimate of drug-likeness (QED) is 0.478. The Morgan fingerprint density at radius 3 is 1.95 bits per heavy atom. The van der Waals surface area contributed by atoms with Crippen LogP contribution in [-0.4, -0.2) is 18.0 Å². The summed E-state index contributed by atoms with van der Waals surface area (Å²) in [6, 6.07) is 17.1. The minimum atomic E-state index is -0.373. The number of nitrogens with zero attached hydrogens (tertiary/aromatic N) is 1. The Hall–Kier alpha value is -2.20. The smallest absolute Gasteiger partial charge is 0.269 e. The van der Waals surface area contributed by atoms with Crippen LogP contribution in [-0.2, 0) is 12.8 Å². The monoisotopic (exact) mass is 270 g/mol. The molecule has 0 unspecified atom stereocenters. The van der Waals surface area contributed by atoms with Crippen molar-refractivity contribution in [1.29, 1.82) is 0 Å². The van der Waals surface area contributed by atoms with E-state index >= 15 is 0 Å². The average molecular weight is 270 g/mol. The molecule has 2 aromatic rings. The molecule has 0 fully saturated rings. The zero-order chi connectivity index (χ0) is 14.2. The molecule has 0 amide bonds. The van der Waals surface area contributed by atoms with Gasteiger partial charge in [0.15, 0.2) is 0 Å². The third-order valence-corrected chi connectivity index (χ3v) is 3.17. The van der Waals surface area contributed by atoms with E-state index in [1.54, 1.807) is 12.1 Å². The number of benzene rings is 2. The third kappa shape index (κ3) is 4.48. The Bertz CT molecular complexity index is 538. The van der Waals surface area contributed by atoms with Gasteiger partial charge in [0.2, 0.25) is 0 Å². The summed E-state index contributed by atoms with van der Waals surface area (Å²) in [5, 5.41) is 13.9. The molecule has 1 N–H and O–H groups in total. The minimum absolute atomic E-state index is 0.144. The van der Waals surface area contributed by atoms with Gasteiger partial charge >= 0.3 is 0 Å². The van der Waals surface area contributed by atoms with E-state index in [9.17, 15) is 10.1 Å². The van der Waals surface area contributed by atoms with Crippen molar-refractivity contribution in [3.8, 4) is 0 Å². The first-order valence-corrected chi connectivity index (χ1v) is 6.74. The van der Waals surface area contributed by atoms with Crippen molar-refractivity contribution in [1.82, 2.24) is 5.32 Å². The van der Waals surface area contributed by atoms with Crippen molar-refractivity contribution in [3.05, 3.63) is 75.8 Å². The van der Waals surface area contributed by atoms with E-state index in [1.807, 2.05) is 30.3 Å². The van der Waals surface area contributed by atoms with E-state index in [4.69, 9.17) is 0 Å². The van der Waals surface area contributed by atoms with E-state index in [1.165, 1.54) is 5.56 Å². The van der Waals surface area contributed by atoms with E-state index in [2.05, 4.69) is 17.4 Å². The Morgan fingerprint density at radius 1 is 0.850 bits per heavy atom. The fraction of sp³-hybridized carbons (Fsp3) is 0.250. The second-order valence-corrected chi connectivity index (χ2v) is 4.66. The van der Waals surface area contributed by atoms with Gasteiger partial charge in [0.05, 0.1) is 4.92 Å². The molecule has 0 aliphatic heterocycles. The van der Waals surface area contributed by atoms with Gasteiger partial charge in [-0.1, -0.05) is 42.5 Å². The maximum Gasteiger partial charge on any atom is 0.269 e. The SMILES string of the molecule is O=[N+]([O-])c1ccc(CCNCCc2ccccc2)cc1. The molecule has 0 saturated carbocycles. The second-order valence-electron chi connectivity index (χ2n) is 4.66. The topological polar surface area (TPSA) is 55.2 Å². The molecule has 104 valence electrons. The molecule has 0 atom stereocenters. The molecule has 0 saturated heterocycles. The van der Waals surface area contributed by atoms with Gasteiger partial charge in [-0.25, -0.2) is 0 Å². The summed E-state index contributed by atoms with van der Waals surface area (Å²) < 4.78 is 0. The summed E-state index contributed by atoms with van der Waals surface area (Å²) in [6.07, 6.45) is 1.90. The fourth-order valence-electron chi connectivity index (χ4n) is 2.02. The van der Waals surface area contributed by atoms with E-state index < -0.39 is 0 Å². The molecule has 4 nitrogen and oxygen atoms in total. The summed E-state index contributed by atoms with van der Waals surface area (Å²) in [5.41, 5.74) is 2.59. The van der Waals surface area contributed by atoms with E-state index in [0.29, 0.717) is 0 Å². The first kappa shape index (κ1) is 14.2. The molecule has 0 heterocycles. The van der Waals surface area contributed by atoms with Gasteiger partial charge < -0.3 is 5.32 Å². The molecule has 0 spiro atoms. The van der Waals surface area contributed by atoms with Gasteiger partial charge in [-0.2, -0.15) is 0 Å². The molecule has 20 heavy (non-hydrogen) atoms. The molecule has 4 heteroatoms. The number of nitro benzene ring substituents is 1. The largest absolute Gasteiger partial charge is 0.316 e. The Morgan fingerprint density at radius 2 is 1.40 bits per heavy atom. The lowest BCUT2D eigenvalue weighted by atomic mass is 10.1. The highest BCUT2D eigenvalue weighted by atomic mass is 16.6. The van der Waals surface area contributed by atoms with Crippen molar-refractivity contribution in [3.63, 3.8) is 0 Å². The maximum atomic E-state index is 10.5. The first-order chi connectivity index (χ1) is 9.75. The normalized spacial score (nSPS) is 10.4. The van der Waals surface area contributed by atoms with Gasteiger partial charge in [0.1, 0.15) is 0 Å². The Labute approximate surface area is 118 Å². The predicted octanol–water partition coefficient (Wildman–Crippen LogP) is 2.97. The highest BCUT2D eigenvalue weighted by Gasteiger charge is 2.03. The van der Waals surface area contributed by atoms with Crippen LogP contribution in [0.15, 0.2) is 54.6 Å². The van der Waals surface area contributed by atoms with Crippen molar-refractivity contribution < 1.29 is 4.92 Å². The van der Waals surface area contributed by atoms with Crippen molar-refractivity contribution in [2.75, 3.05) is 13.1 Å². The van der Waals surface area contributed by atoms with Crippen molar-refractivity contribution in [2.45, 2.75) is 12.8 Å². The van der Waals surface area contributed by atoms with E-state index in [0.717, 1.165) is 31.5 Å². The van der Waals surface area contributed by atoms with Gasteiger partial charge in [-0.3, -0.25) is 10.1 Å². The molecule has 2 aromatic carbocycles. The number of hydrogen-bond acceptors (Lipinski definition) is 3. The van der Waals surface area contributed by atoms with Crippen LogP contribution in [0.1, 0.15) is 11.1 Å². The summed E-state index contributed by atoms with van der Waals surface area (Å²) >= 11 is 0. The van der Waals surface area contributed by atoms with Gasteiger partial charge in [0.25, 0.3) is 5.69 Å². The fourth-order valence-corrected chi connectivity index (χ4v) is 2.02. The minimum Gasteiger partial charge on any atom is -0.316 e.